The number of aryl methyl sites for hydroxylation is 2. The van der Waals surface area contributed by atoms with Gasteiger partial charge in [-0.1, -0.05) is 18.6 Å². The summed E-state index contributed by atoms with van der Waals surface area (Å²) >= 11 is 0. The van der Waals surface area contributed by atoms with Crippen LogP contribution in [0.2, 0.25) is 0 Å². The molecule has 2 aromatic rings. The Bertz CT molecular complexity index is 747. The number of benzene rings is 1. The fourth-order valence-corrected chi connectivity index (χ4v) is 3.58. The van der Waals surface area contributed by atoms with Gasteiger partial charge in [-0.3, -0.25) is 9.48 Å². The van der Waals surface area contributed by atoms with Crippen molar-refractivity contribution in [2.75, 3.05) is 0 Å². The molecule has 1 aromatic carbocycles. The van der Waals surface area contributed by atoms with Crippen LogP contribution >= 0.6 is 0 Å². The summed E-state index contributed by atoms with van der Waals surface area (Å²) in [5.74, 6) is 0.255. The zero-order valence-electron chi connectivity index (χ0n) is 15.2. The molecule has 0 aliphatic heterocycles. The Morgan fingerprint density at radius 2 is 2.00 bits per heavy atom. The Kier molecular flexibility index (Phi) is 5.21. The number of hydrogen-bond donors (Lipinski definition) is 1. The molecule has 25 heavy (non-hydrogen) atoms. The van der Waals surface area contributed by atoms with E-state index in [1.165, 1.54) is 18.6 Å². The lowest BCUT2D eigenvalue weighted by Gasteiger charge is -2.34. The van der Waals surface area contributed by atoms with E-state index in [4.69, 9.17) is 0 Å². The Balaban J connectivity index is 1.65. The van der Waals surface area contributed by atoms with Crippen LogP contribution in [0.3, 0.4) is 0 Å². The van der Waals surface area contributed by atoms with Gasteiger partial charge in [0.05, 0.1) is 11.7 Å². The highest BCUT2D eigenvalue weighted by Gasteiger charge is 2.29. The molecule has 1 N–H and O–H groups in total. The van der Waals surface area contributed by atoms with Crippen LogP contribution in [0.5, 0.6) is 0 Å². The molecular formula is C20H26FN3O. The minimum atomic E-state index is -0.245. The number of rotatable bonds is 6. The van der Waals surface area contributed by atoms with Crippen molar-refractivity contribution >= 4 is 5.91 Å². The highest BCUT2D eigenvalue weighted by Crippen LogP contribution is 2.37. The standard InChI is InChI=1S/C20H26FN3O/c1-13-18(14(2)24(3)23-13)11-12-19(25)22-20(15-5-4-6-15)16-7-9-17(21)10-8-16/h7-10,15,20H,4-6,11-12H2,1-3H3,(H,22,25). The number of carbonyl (C=O) groups is 1. The smallest absolute Gasteiger partial charge is 0.220 e. The maximum absolute atomic E-state index is 13.2. The number of nitrogens with one attached hydrogen (secondary N) is 1. The first-order valence-corrected chi connectivity index (χ1v) is 8.99. The van der Waals surface area contributed by atoms with Crippen LogP contribution in [0.4, 0.5) is 4.39 Å². The van der Waals surface area contributed by atoms with Crippen molar-refractivity contribution in [2.24, 2.45) is 13.0 Å². The molecule has 134 valence electrons. The van der Waals surface area contributed by atoms with Gasteiger partial charge in [-0.2, -0.15) is 5.10 Å². The quantitative estimate of drug-likeness (QED) is 0.868. The van der Waals surface area contributed by atoms with Gasteiger partial charge >= 0.3 is 0 Å². The highest BCUT2D eigenvalue weighted by molar-refractivity contribution is 5.76. The minimum absolute atomic E-state index is 0.0158. The SMILES string of the molecule is Cc1nn(C)c(C)c1CCC(=O)NC(c1ccc(F)cc1)C1CCC1. The maximum atomic E-state index is 13.2. The van der Waals surface area contributed by atoms with E-state index < -0.39 is 0 Å². The largest absolute Gasteiger partial charge is 0.349 e. The first-order valence-electron chi connectivity index (χ1n) is 8.99. The number of nitrogens with zero attached hydrogens (tertiary/aromatic N) is 2. The van der Waals surface area contributed by atoms with Crippen LogP contribution in [-0.2, 0) is 18.3 Å². The monoisotopic (exact) mass is 343 g/mol. The zero-order chi connectivity index (χ0) is 18.0. The predicted octanol–water partition coefficient (Wildman–Crippen LogP) is 3.77. The van der Waals surface area contributed by atoms with E-state index in [9.17, 15) is 9.18 Å². The van der Waals surface area contributed by atoms with E-state index in [1.54, 1.807) is 12.1 Å². The van der Waals surface area contributed by atoms with E-state index in [0.717, 1.165) is 35.4 Å². The third-order valence-corrected chi connectivity index (χ3v) is 5.43. The molecule has 1 aliphatic rings. The van der Waals surface area contributed by atoms with Crippen LogP contribution in [0.15, 0.2) is 24.3 Å². The second-order valence-corrected chi connectivity index (χ2v) is 7.06. The lowest BCUT2D eigenvalue weighted by atomic mass is 9.77. The molecule has 1 saturated carbocycles. The van der Waals surface area contributed by atoms with Crippen molar-refractivity contribution in [3.63, 3.8) is 0 Å². The summed E-state index contributed by atoms with van der Waals surface area (Å²) in [6.07, 6.45) is 4.56. The number of hydrogen-bond acceptors (Lipinski definition) is 2. The Hall–Kier alpha value is -2.17. The van der Waals surface area contributed by atoms with E-state index in [2.05, 4.69) is 10.4 Å². The molecule has 0 bridgehead atoms. The lowest BCUT2D eigenvalue weighted by molar-refractivity contribution is -0.122. The van der Waals surface area contributed by atoms with Gasteiger partial charge in [0.1, 0.15) is 5.82 Å². The lowest BCUT2D eigenvalue weighted by Crippen LogP contribution is -2.36. The summed E-state index contributed by atoms with van der Waals surface area (Å²) < 4.78 is 15.1. The molecular weight excluding hydrogens is 317 g/mol. The van der Waals surface area contributed by atoms with Gasteiger partial charge in [0.25, 0.3) is 0 Å². The average Bonchev–Trinajstić information content (AvgIpc) is 2.76. The predicted molar refractivity (Wildman–Crippen MR) is 95.6 cm³/mol. The molecule has 0 radical (unpaired) electrons. The molecule has 1 heterocycles. The maximum Gasteiger partial charge on any atom is 0.220 e. The molecule has 1 unspecified atom stereocenters. The van der Waals surface area contributed by atoms with Crippen molar-refractivity contribution in [1.29, 1.82) is 0 Å². The topological polar surface area (TPSA) is 46.9 Å². The number of amides is 1. The molecule has 1 atom stereocenters. The van der Waals surface area contributed by atoms with E-state index >= 15 is 0 Å². The van der Waals surface area contributed by atoms with E-state index in [0.29, 0.717) is 18.8 Å². The Morgan fingerprint density at radius 3 is 2.52 bits per heavy atom. The molecule has 1 aromatic heterocycles. The molecule has 1 aliphatic carbocycles. The van der Waals surface area contributed by atoms with Crippen LogP contribution in [0, 0.1) is 25.6 Å². The fourth-order valence-electron chi connectivity index (χ4n) is 3.58. The van der Waals surface area contributed by atoms with Crippen LogP contribution in [-0.4, -0.2) is 15.7 Å². The van der Waals surface area contributed by atoms with Crippen molar-refractivity contribution in [3.8, 4) is 0 Å². The third-order valence-electron chi connectivity index (χ3n) is 5.43. The van der Waals surface area contributed by atoms with Crippen LogP contribution in [0.1, 0.15) is 54.2 Å². The molecule has 1 fully saturated rings. The number of carbonyl (C=O) groups excluding carboxylic acids is 1. The summed E-state index contributed by atoms with van der Waals surface area (Å²) in [6, 6.07) is 6.49. The molecule has 4 nitrogen and oxygen atoms in total. The summed E-state index contributed by atoms with van der Waals surface area (Å²) in [5, 5.41) is 7.59. The minimum Gasteiger partial charge on any atom is -0.349 e. The first kappa shape index (κ1) is 17.6. The van der Waals surface area contributed by atoms with Gasteiger partial charge in [-0.15, -0.1) is 0 Å². The average molecular weight is 343 g/mol. The van der Waals surface area contributed by atoms with Gasteiger partial charge in [0, 0.05) is 19.2 Å². The summed E-state index contributed by atoms with van der Waals surface area (Å²) in [7, 11) is 1.92. The number of halogens is 1. The second-order valence-electron chi connectivity index (χ2n) is 7.06. The molecule has 0 spiro atoms. The van der Waals surface area contributed by atoms with Gasteiger partial charge in [-0.25, -0.2) is 4.39 Å². The first-order chi connectivity index (χ1) is 12.0. The van der Waals surface area contributed by atoms with E-state index in [-0.39, 0.29) is 17.8 Å². The highest BCUT2D eigenvalue weighted by atomic mass is 19.1. The summed E-state index contributed by atoms with van der Waals surface area (Å²) in [4.78, 5) is 12.5. The third kappa shape index (κ3) is 3.91. The van der Waals surface area contributed by atoms with Crippen molar-refractivity contribution < 1.29 is 9.18 Å². The van der Waals surface area contributed by atoms with Gasteiger partial charge < -0.3 is 5.32 Å². The van der Waals surface area contributed by atoms with Gasteiger partial charge in [-0.05, 0) is 62.3 Å². The molecule has 3 rings (SSSR count). The zero-order valence-corrected chi connectivity index (χ0v) is 15.2. The number of aromatic nitrogens is 2. The van der Waals surface area contributed by atoms with Crippen LogP contribution < -0.4 is 5.32 Å². The van der Waals surface area contributed by atoms with Gasteiger partial charge in [0.15, 0.2) is 0 Å². The van der Waals surface area contributed by atoms with Gasteiger partial charge in [0.2, 0.25) is 5.91 Å². The normalized spacial score (nSPS) is 15.7. The summed E-state index contributed by atoms with van der Waals surface area (Å²) in [5.41, 5.74) is 4.24. The van der Waals surface area contributed by atoms with Crippen molar-refractivity contribution in [2.45, 2.75) is 52.0 Å². The molecule has 1 amide bonds. The summed E-state index contributed by atoms with van der Waals surface area (Å²) in [6.45, 7) is 4.01. The Morgan fingerprint density at radius 1 is 1.32 bits per heavy atom. The second kappa shape index (κ2) is 7.38. The molecule has 0 saturated heterocycles. The van der Waals surface area contributed by atoms with Crippen LogP contribution in [0.25, 0.3) is 0 Å². The van der Waals surface area contributed by atoms with Crippen molar-refractivity contribution in [3.05, 3.63) is 52.6 Å². The fraction of sp³-hybridized carbons (Fsp3) is 0.500. The Labute approximate surface area is 148 Å². The van der Waals surface area contributed by atoms with Crippen molar-refractivity contribution in [1.82, 2.24) is 15.1 Å². The van der Waals surface area contributed by atoms with E-state index in [1.807, 2.05) is 25.6 Å². The molecule has 5 heteroatoms.